The number of hydrogen-bond acceptors (Lipinski definition) is 8. The van der Waals surface area contributed by atoms with Crippen LogP contribution in [0.25, 0.3) is 22.6 Å². The van der Waals surface area contributed by atoms with E-state index in [4.69, 9.17) is 14.2 Å². The number of H-pyrrole nitrogens is 1. The number of nitrogens with one attached hydrogen (secondary N) is 1. The van der Waals surface area contributed by atoms with E-state index in [-0.39, 0.29) is 10.8 Å². The van der Waals surface area contributed by atoms with Crippen LogP contribution in [0.3, 0.4) is 0 Å². The highest BCUT2D eigenvalue weighted by Gasteiger charge is 2.25. The molecule has 32 heavy (non-hydrogen) atoms. The molecule has 3 aromatic heterocycles. The Kier molecular flexibility index (Phi) is 5.33. The summed E-state index contributed by atoms with van der Waals surface area (Å²) < 4.78 is 41.5. The summed E-state index contributed by atoms with van der Waals surface area (Å²) in [5.41, 5.74) is 2.87. The van der Waals surface area contributed by atoms with Gasteiger partial charge < -0.3 is 19.2 Å². The van der Waals surface area contributed by atoms with E-state index in [1.165, 1.54) is 12.3 Å². The van der Waals surface area contributed by atoms with Crippen LogP contribution in [0.4, 0.5) is 0 Å². The molecule has 1 aromatic carbocycles. The number of nitrogens with zero attached hydrogens (tertiary/aromatic N) is 3. The molecular weight excluding hydrogens is 432 g/mol. The fourth-order valence-electron chi connectivity index (χ4n) is 3.37. The lowest BCUT2D eigenvalue weighted by molar-refractivity contribution is -0.0451. The molecule has 4 heterocycles. The van der Waals surface area contributed by atoms with Crippen LogP contribution in [-0.4, -0.2) is 47.3 Å². The fraction of sp³-hybridized carbons (Fsp3) is 0.227. The third-order valence-electron chi connectivity index (χ3n) is 5.03. The zero-order valence-corrected chi connectivity index (χ0v) is 18.0. The molecule has 0 spiro atoms. The Bertz CT molecular complexity index is 1350. The van der Waals surface area contributed by atoms with E-state index in [0.29, 0.717) is 36.1 Å². The Hall–Kier alpha value is -3.34. The Morgan fingerprint density at radius 2 is 1.97 bits per heavy atom. The molecule has 9 nitrogen and oxygen atoms in total. The van der Waals surface area contributed by atoms with Crippen LogP contribution in [0.15, 0.2) is 59.9 Å². The Labute approximate surface area is 184 Å². The minimum absolute atomic E-state index is 0.0130. The molecule has 0 radical (unpaired) electrons. The second-order valence-electron chi connectivity index (χ2n) is 7.12. The van der Waals surface area contributed by atoms with Gasteiger partial charge in [-0.1, -0.05) is 13.0 Å². The molecule has 1 aliphatic heterocycles. The van der Waals surface area contributed by atoms with Gasteiger partial charge in [0.05, 0.1) is 41.8 Å². The van der Waals surface area contributed by atoms with E-state index in [1.807, 2.05) is 30.3 Å². The van der Waals surface area contributed by atoms with Crippen molar-refractivity contribution in [1.29, 1.82) is 0 Å². The van der Waals surface area contributed by atoms with Crippen molar-refractivity contribution in [2.75, 3.05) is 19.0 Å². The molecule has 10 heteroatoms. The monoisotopic (exact) mass is 452 g/mol. The van der Waals surface area contributed by atoms with Crippen molar-refractivity contribution in [3.8, 4) is 23.0 Å². The van der Waals surface area contributed by atoms with Gasteiger partial charge in [0.25, 0.3) is 0 Å². The zero-order valence-electron chi connectivity index (χ0n) is 17.2. The predicted molar refractivity (Wildman–Crippen MR) is 116 cm³/mol. The molecule has 1 saturated heterocycles. The number of rotatable bonds is 6. The first kappa shape index (κ1) is 20.6. The summed E-state index contributed by atoms with van der Waals surface area (Å²) in [5, 5.41) is 0.0130. The average Bonchev–Trinajstić information content (AvgIpc) is 3.49. The van der Waals surface area contributed by atoms with Crippen LogP contribution in [-0.2, 0) is 19.3 Å². The number of hydrogen-bond donors (Lipinski definition) is 1. The van der Waals surface area contributed by atoms with Crippen LogP contribution in [0.2, 0.25) is 0 Å². The highest BCUT2D eigenvalue weighted by Crippen LogP contribution is 2.37. The lowest BCUT2D eigenvalue weighted by Crippen LogP contribution is -2.06. The quantitative estimate of drug-likeness (QED) is 0.471. The van der Waals surface area contributed by atoms with Gasteiger partial charge in [0.1, 0.15) is 17.2 Å². The largest absolute Gasteiger partial charge is 0.455 e. The molecular formula is C22H20N4O5S. The smallest absolute Gasteiger partial charge is 0.195 e. The lowest BCUT2D eigenvalue weighted by Gasteiger charge is -2.15. The molecule has 4 aromatic rings. The Morgan fingerprint density at radius 3 is 2.66 bits per heavy atom. The van der Waals surface area contributed by atoms with E-state index in [9.17, 15) is 8.42 Å². The normalized spacial score (nSPS) is 14.8. The maximum absolute atomic E-state index is 12.0. The van der Waals surface area contributed by atoms with Crippen molar-refractivity contribution >= 4 is 20.9 Å². The van der Waals surface area contributed by atoms with Gasteiger partial charge in [-0.15, -0.1) is 0 Å². The maximum Gasteiger partial charge on any atom is 0.195 e. The molecule has 0 bridgehead atoms. The van der Waals surface area contributed by atoms with Crippen molar-refractivity contribution in [3.05, 3.63) is 60.4 Å². The molecule has 0 amide bonds. The number of sulfone groups is 1. The van der Waals surface area contributed by atoms with Crippen molar-refractivity contribution in [2.24, 2.45) is 0 Å². The summed E-state index contributed by atoms with van der Waals surface area (Å²) in [6.07, 6.45) is 2.51. The number of aromatic amines is 1. The van der Waals surface area contributed by atoms with Gasteiger partial charge in [-0.05, 0) is 30.3 Å². The van der Waals surface area contributed by atoms with Gasteiger partial charge >= 0.3 is 0 Å². The minimum atomic E-state index is -3.39. The zero-order chi connectivity index (χ0) is 22.1. The standard InChI is InChI=1S/C22H20N4O5S/c1-2-32(27,28)20-7-6-14(13-24-20)31-19-12-18-17(11-15(19)22-29-9-10-30-22)25-21(26-18)16-5-3-4-8-23-16/h3-8,11-13,22H,2,9-10H2,1H3,(H,25,26). The SMILES string of the molecule is CCS(=O)(=O)c1ccc(Oc2cc3[nH]c(-c4ccccn4)nc3cc2C2OCCO2)cn1. The topological polar surface area (TPSA) is 116 Å². The number of fused-ring (bicyclic) bond motifs is 1. The van der Waals surface area contributed by atoms with Crippen LogP contribution in [0.5, 0.6) is 11.5 Å². The maximum atomic E-state index is 12.0. The van der Waals surface area contributed by atoms with E-state index >= 15 is 0 Å². The summed E-state index contributed by atoms with van der Waals surface area (Å²) >= 11 is 0. The third-order valence-corrected chi connectivity index (χ3v) is 6.67. The summed E-state index contributed by atoms with van der Waals surface area (Å²) in [4.78, 5) is 16.3. The van der Waals surface area contributed by atoms with Crippen LogP contribution >= 0.6 is 0 Å². The summed E-state index contributed by atoms with van der Waals surface area (Å²) in [6, 6.07) is 12.3. The molecule has 0 atom stereocenters. The first-order chi connectivity index (χ1) is 15.5. The van der Waals surface area contributed by atoms with Gasteiger partial charge in [-0.2, -0.15) is 0 Å². The highest BCUT2D eigenvalue weighted by atomic mass is 32.2. The second kappa shape index (κ2) is 8.30. The Morgan fingerprint density at radius 1 is 1.12 bits per heavy atom. The number of ether oxygens (including phenoxy) is 3. The van der Waals surface area contributed by atoms with Crippen LogP contribution in [0, 0.1) is 0 Å². The number of pyridine rings is 2. The molecule has 1 aliphatic rings. The molecule has 1 fully saturated rings. The third kappa shape index (κ3) is 3.95. The van der Waals surface area contributed by atoms with Crippen LogP contribution < -0.4 is 4.74 Å². The van der Waals surface area contributed by atoms with E-state index in [2.05, 4.69) is 19.9 Å². The van der Waals surface area contributed by atoms with Crippen molar-refractivity contribution in [2.45, 2.75) is 18.2 Å². The van der Waals surface area contributed by atoms with Crippen molar-refractivity contribution in [3.63, 3.8) is 0 Å². The van der Waals surface area contributed by atoms with Gasteiger partial charge in [0.15, 0.2) is 27.0 Å². The minimum Gasteiger partial charge on any atom is -0.455 e. The number of aromatic nitrogens is 4. The average molecular weight is 452 g/mol. The molecule has 5 rings (SSSR count). The molecule has 0 aliphatic carbocycles. The van der Waals surface area contributed by atoms with E-state index < -0.39 is 16.1 Å². The molecule has 0 unspecified atom stereocenters. The fourth-order valence-corrected chi connectivity index (χ4v) is 4.16. The second-order valence-corrected chi connectivity index (χ2v) is 9.34. The van der Waals surface area contributed by atoms with Gasteiger partial charge in [-0.25, -0.2) is 18.4 Å². The molecule has 164 valence electrons. The van der Waals surface area contributed by atoms with Gasteiger partial charge in [-0.3, -0.25) is 4.98 Å². The summed E-state index contributed by atoms with van der Waals surface area (Å²) in [6.45, 7) is 2.54. The summed E-state index contributed by atoms with van der Waals surface area (Å²) in [5.74, 6) is 1.50. The van der Waals surface area contributed by atoms with E-state index in [0.717, 1.165) is 16.7 Å². The number of imidazole rings is 1. The number of benzene rings is 1. The highest BCUT2D eigenvalue weighted by molar-refractivity contribution is 7.91. The van der Waals surface area contributed by atoms with Crippen LogP contribution in [0.1, 0.15) is 18.8 Å². The van der Waals surface area contributed by atoms with Crippen molar-refractivity contribution < 1.29 is 22.6 Å². The molecule has 0 saturated carbocycles. The molecule has 1 N–H and O–H groups in total. The predicted octanol–water partition coefficient (Wildman–Crippen LogP) is 3.65. The first-order valence-corrected chi connectivity index (χ1v) is 11.7. The summed E-state index contributed by atoms with van der Waals surface area (Å²) in [7, 11) is -3.39. The lowest BCUT2D eigenvalue weighted by atomic mass is 10.1. The first-order valence-electron chi connectivity index (χ1n) is 10.1. The van der Waals surface area contributed by atoms with Crippen molar-refractivity contribution in [1.82, 2.24) is 19.9 Å². The van der Waals surface area contributed by atoms with Gasteiger partial charge in [0.2, 0.25) is 0 Å². The Balaban J connectivity index is 1.53. The van der Waals surface area contributed by atoms with E-state index in [1.54, 1.807) is 19.2 Å². The van der Waals surface area contributed by atoms with Gasteiger partial charge in [0, 0.05) is 12.3 Å².